The van der Waals surface area contributed by atoms with Crippen molar-refractivity contribution in [2.75, 3.05) is 13.7 Å². The van der Waals surface area contributed by atoms with Gasteiger partial charge in [0, 0.05) is 34.7 Å². The molecule has 8 nitrogen and oxygen atoms in total. The topological polar surface area (TPSA) is 97.7 Å². The number of H-pyrrole nitrogens is 1. The molecule has 2 aromatic carbocycles. The van der Waals surface area contributed by atoms with E-state index in [-0.39, 0.29) is 11.2 Å². The molecule has 0 spiro atoms. The number of hydrogen-bond acceptors (Lipinski definition) is 6. The summed E-state index contributed by atoms with van der Waals surface area (Å²) in [7, 11) is 1.65. The number of nitrogens with one attached hydrogen (secondary N) is 2. The van der Waals surface area contributed by atoms with E-state index >= 15 is 0 Å². The van der Waals surface area contributed by atoms with Crippen LogP contribution in [0.5, 0.6) is 5.75 Å². The van der Waals surface area contributed by atoms with E-state index in [0.29, 0.717) is 16.7 Å². The molecule has 10 heteroatoms. The zero-order chi connectivity index (χ0) is 21.8. The van der Waals surface area contributed by atoms with Crippen LogP contribution in [0.4, 0.5) is 0 Å². The summed E-state index contributed by atoms with van der Waals surface area (Å²) in [4.78, 5) is 15.8. The van der Waals surface area contributed by atoms with Crippen LogP contribution in [0, 0.1) is 0 Å². The molecule has 0 saturated heterocycles. The van der Waals surface area contributed by atoms with Crippen LogP contribution in [0.25, 0.3) is 16.6 Å². The van der Waals surface area contributed by atoms with Gasteiger partial charge in [0.05, 0.1) is 18.0 Å². The average molecular weight is 457 g/mol. The molecule has 4 rings (SSSR count). The van der Waals surface area contributed by atoms with E-state index in [1.165, 1.54) is 11.8 Å². The van der Waals surface area contributed by atoms with Gasteiger partial charge in [-0.2, -0.15) is 4.68 Å². The summed E-state index contributed by atoms with van der Waals surface area (Å²) >= 11 is 7.24. The Hall–Kier alpha value is -3.04. The van der Waals surface area contributed by atoms with Crippen molar-refractivity contribution in [2.24, 2.45) is 0 Å². The van der Waals surface area contributed by atoms with Gasteiger partial charge in [-0.1, -0.05) is 23.4 Å². The first-order valence-electron chi connectivity index (χ1n) is 9.68. The number of fused-ring (bicyclic) bond motifs is 1. The molecule has 31 heavy (non-hydrogen) atoms. The first kappa shape index (κ1) is 21.2. The Morgan fingerprint density at radius 1 is 1.29 bits per heavy atom. The summed E-state index contributed by atoms with van der Waals surface area (Å²) in [6, 6.07) is 13.1. The number of aromatic amines is 1. The third-order valence-corrected chi connectivity index (χ3v) is 6.12. The van der Waals surface area contributed by atoms with Crippen LogP contribution < -0.4 is 10.1 Å². The van der Waals surface area contributed by atoms with E-state index < -0.39 is 0 Å². The maximum Gasteiger partial charge on any atom is 0.233 e. The number of thioether (sulfide) groups is 1. The lowest BCUT2D eigenvalue weighted by Crippen LogP contribution is -2.32. The van der Waals surface area contributed by atoms with Gasteiger partial charge in [0.15, 0.2) is 0 Å². The number of amides is 1. The van der Waals surface area contributed by atoms with Crippen molar-refractivity contribution >= 4 is 40.2 Å². The Balaban J connectivity index is 1.34. The van der Waals surface area contributed by atoms with Gasteiger partial charge >= 0.3 is 0 Å². The Bertz CT molecular complexity index is 1190. The van der Waals surface area contributed by atoms with E-state index in [1.54, 1.807) is 23.9 Å². The van der Waals surface area contributed by atoms with Crippen LogP contribution in [-0.2, 0) is 11.2 Å². The Morgan fingerprint density at radius 2 is 2.10 bits per heavy atom. The maximum atomic E-state index is 12.6. The molecule has 0 saturated carbocycles. The molecule has 0 fully saturated rings. The van der Waals surface area contributed by atoms with Crippen molar-refractivity contribution in [3.05, 3.63) is 59.2 Å². The molecule has 2 aromatic heterocycles. The number of methoxy groups -OCH3 is 1. The average Bonchev–Trinajstić information content (AvgIpc) is 3.40. The molecule has 0 aliphatic heterocycles. The molecule has 0 bridgehead atoms. The van der Waals surface area contributed by atoms with E-state index in [1.807, 2.05) is 43.5 Å². The van der Waals surface area contributed by atoms with E-state index in [0.717, 1.165) is 34.3 Å². The van der Waals surface area contributed by atoms with Gasteiger partial charge in [0.25, 0.3) is 0 Å². The van der Waals surface area contributed by atoms with Crippen LogP contribution in [0.2, 0.25) is 5.02 Å². The predicted molar refractivity (Wildman–Crippen MR) is 121 cm³/mol. The minimum Gasteiger partial charge on any atom is -0.497 e. The van der Waals surface area contributed by atoms with E-state index in [2.05, 4.69) is 25.8 Å². The first-order valence-corrected chi connectivity index (χ1v) is 10.9. The lowest BCUT2D eigenvalue weighted by Gasteiger charge is -2.11. The standard InChI is InChI=1S/C21H21ClN6O2S/c1-13(31-21-25-26-27-28(21)16-5-3-15(22)4-6-16)20(29)23-10-9-14-12-24-19-11-17(30-2)7-8-18(14)19/h3-8,11-13,24H,9-10H2,1-2H3,(H,23,29)/t13-/m0/s1. The first-order chi connectivity index (χ1) is 15.0. The second-order valence-corrected chi connectivity index (χ2v) is 8.62. The minimum absolute atomic E-state index is 0.0721. The molecule has 0 unspecified atom stereocenters. The summed E-state index contributed by atoms with van der Waals surface area (Å²) < 4.78 is 6.84. The van der Waals surface area contributed by atoms with Crippen LogP contribution in [0.15, 0.2) is 53.8 Å². The number of rotatable bonds is 8. The predicted octanol–water partition coefficient (Wildman–Crippen LogP) is 3.65. The van der Waals surface area contributed by atoms with Gasteiger partial charge in [-0.3, -0.25) is 4.79 Å². The monoisotopic (exact) mass is 456 g/mol. The third kappa shape index (κ3) is 4.83. The van der Waals surface area contributed by atoms with E-state index in [9.17, 15) is 4.79 Å². The number of hydrogen-bond donors (Lipinski definition) is 2. The lowest BCUT2D eigenvalue weighted by molar-refractivity contribution is -0.120. The van der Waals surface area contributed by atoms with E-state index in [4.69, 9.17) is 16.3 Å². The number of ether oxygens (including phenoxy) is 1. The number of nitrogens with zero attached hydrogens (tertiary/aromatic N) is 4. The number of aromatic nitrogens is 5. The highest BCUT2D eigenvalue weighted by Gasteiger charge is 2.19. The van der Waals surface area contributed by atoms with Crippen LogP contribution in [0.1, 0.15) is 12.5 Å². The fourth-order valence-corrected chi connectivity index (χ4v) is 4.13. The summed E-state index contributed by atoms with van der Waals surface area (Å²) in [6.45, 7) is 2.36. The molecule has 4 aromatic rings. The van der Waals surface area contributed by atoms with Gasteiger partial charge < -0.3 is 15.0 Å². The molecule has 160 valence electrons. The van der Waals surface area contributed by atoms with Crippen molar-refractivity contribution in [1.29, 1.82) is 0 Å². The van der Waals surface area contributed by atoms with Gasteiger partial charge in [0.1, 0.15) is 5.75 Å². The summed E-state index contributed by atoms with van der Waals surface area (Å²) in [6.07, 6.45) is 2.69. The molecule has 0 aliphatic carbocycles. The zero-order valence-electron chi connectivity index (χ0n) is 17.0. The number of benzene rings is 2. The van der Waals surface area contributed by atoms with Crippen molar-refractivity contribution in [3.8, 4) is 11.4 Å². The Kier molecular flexibility index (Phi) is 6.43. The quantitative estimate of drug-likeness (QED) is 0.393. The van der Waals surface area contributed by atoms with Crippen LogP contribution in [-0.4, -0.2) is 50.0 Å². The molecule has 1 amide bonds. The number of tetrazole rings is 1. The summed E-state index contributed by atoms with van der Waals surface area (Å²) in [5.41, 5.74) is 2.93. The third-order valence-electron chi connectivity index (χ3n) is 4.83. The number of carbonyl (C=O) groups is 1. The van der Waals surface area contributed by atoms with Gasteiger partial charge in [-0.05, 0) is 65.7 Å². The lowest BCUT2D eigenvalue weighted by atomic mass is 10.1. The summed E-state index contributed by atoms with van der Waals surface area (Å²) in [5, 5.41) is 16.7. The molecule has 1 atom stereocenters. The fraction of sp³-hybridized carbons (Fsp3) is 0.238. The molecule has 2 heterocycles. The van der Waals surface area contributed by atoms with Crippen LogP contribution >= 0.6 is 23.4 Å². The van der Waals surface area contributed by atoms with Crippen LogP contribution in [0.3, 0.4) is 0 Å². The Morgan fingerprint density at radius 3 is 2.87 bits per heavy atom. The molecule has 2 N–H and O–H groups in total. The number of halogens is 1. The maximum absolute atomic E-state index is 12.6. The van der Waals surface area contributed by atoms with Gasteiger partial charge in [-0.15, -0.1) is 5.10 Å². The SMILES string of the molecule is COc1ccc2c(CCNC(=O)[C@H](C)Sc3nnnn3-c3ccc(Cl)cc3)c[nH]c2c1. The smallest absolute Gasteiger partial charge is 0.233 e. The molecule has 0 aliphatic rings. The molecular formula is C21H21ClN6O2S. The highest BCUT2D eigenvalue weighted by molar-refractivity contribution is 8.00. The second kappa shape index (κ2) is 9.40. The van der Waals surface area contributed by atoms with Crippen molar-refractivity contribution in [2.45, 2.75) is 23.8 Å². The second-order valence-electron chi connectivity index (χ2n) is 6.88. The highest BCUT2D eigenvalue weighted by Crippen LogP contribution is 2.25. The fourth-order valence-electron chi connectivity index (χ4n) is 3.17. The molecular weight excluding hydrogens is 436 g/mol. The summed E-state index contributed by atoms with van der Waals surface area (Å²) in [5.74, 6) is 0.734. The van der Waals surface area contributed by atoms with Crippen molar-refractivity contribution in [3.63, 3.8) is 0 Å². The van der Waals surface area contributed by atoms with Gasteiger partial charge in [0.2, 0.25) is 11.1 Å². The van der Waals surface area contributed by atoms with Crippen molar-refractivity contribution < 1.29 is 9.53 Å². The minimum atomic E-state index is -0.357. The number of carbonyl (C=O) groups excluding carboxylic acids is 1. The van der Waals surface area contributed by atoms with Gasteiger partial charge in [-0.25, -0.2) is 0 Å². The van der Waals surface area contributed by atoms with Crippen molar-refractivity contribution in [1.82, 2.24) is 30.5 Å². The largest absolute Gasteiger partial charge is 0.497 e. The Labute approximate surface area is 188 Å². The zero-order valence-corrected chi connectivity index (χ0v) is 18.6. The molecule has 0 radical (unpaired) electrons. The normalized spacial score (nSPS) is 12.1. The highest BCUT2D eigenvalue weighted by atomic mass is 35.5.